The van der Waals surface area contributed by atoms with Crippen LogP contribution in [0.3, 0.4) is 0 Å². The van der Waals surface area contributed by atoms with Crippen LogP contribution in [0.5, 0.6) is 0 Å². The van der Waals surface area contributed by atoms with Gasteiger partial charge in [-0.05, 0) is 36.4 Å². The monoisotopic (exact) mass is 365 g/mol. The zero-order valence-electron chi connectivity index (χ0n) is 13.4. The lowest BCUT2D eigenvalue weighted by Crippen LogP contribution is -2.07. The van der Waals surface area contributed by atoms with E-state index in [4.69, 9.17) is 20.8 Å². The maximum absolute atomic E-state index is 12.2. The summed E-state index contributed by atoms with van der Waals surface area (Å²) in [7, 11) is 0. The van der Waals surface area contributed by atoms with Gasteiger partial charge >= 0.3 is 5.97 Å². The van der Waals surface area contributed by atoms with Crippen LogP contribution in [0.1, 0.15) is 16.4 Å². The predicted molar refractivity (Wildman–Crippen MR) is 95.6 cm³/mol. The van der Waals surface area contributed by atoms with Gasteiger partial charge in [0.15, 0.2) is 6.61 Å². The Balaban J connectivity index is 1.45. The Morgan fingerprint density at radius 3 is 2.65 bits per heavy atom. The molecule has 0 fully saturated rings. The molecule has 2 aromatic heterocycles. The minimum Gasteiger partial charge on any atom is -0.451 e. The van der Waals surface area contributed by atoms with E-state index in [-0.39, 0.29) is 18.2 Å². The van der Waals surface area contributed by atoms with Gasteiger partial charge in [-0.1, -0.05) is 35.9 Å². The van der Waals surface area contributed by atoms with Crippen molar-refractivity contribution in [2.75, 3.05) is 0 Å². The number of fused-ring (bicyclic) bond motifs is 1. The van der Waals surface area contributed by atoms with E-state index >= 15 is 0 Å². The second-order valence-corrected chi connectivity index (χ2v) is 5.91. The average Bonchev–Trinajstić information content (AvgIpc) is 3.15. The van der Waals surface area contributed by atoms with E-state index in [0.29, 0.717) is 10.9 Å². The number of halogens is 1. The van der Waals surface area contributed by atoms with Crippen molar-refractivity contribution in [2.45, 2.75) is 6.61 Å². The van der Waals surface area contributed by atoms with Crippen molar-refractivity contribution in [3.8, 4) is 11.5 Å². The Morgan fingerprint density at radius 1 is 1.00 bits per heavy atom. The highest BCUT2D eigenvalue weighted by Crippen LogP contribution is 2.20. The van der Waals surface area contributed by atoms with Crippen molar-refractivity contribution in [2.24, 2.45) is 0 Å². The summed E-state index contributed by atoms with van der Waals surface area (Å²) < 4.78 is 10.7. The molecule has 0 amide bonds. The maximum atomic E-state index is 12.2. The lowest BCUT2D eigenvalue weighted by molar-refractivity contribution is 0.0432. The van der Waals surface area contributed by atoms with E-state index < -0.39 is 5.97 Å². The normalized spacial score (nSPS) is 10.8. The first kappa shape index (κ1) is 16.2. The van der Waals surface area contributed by atoms with Gasteiger partial charge < -0.3 is 9.15 Å². The summed E-state index contributed by atoms with van der Waals surface area (Å²) in [6.07, 6.45) is 0. The largest absolute Gasteiger partial charge is 0.451 e. The molecule has 0 radical (unpaired) electrons. The van der Waals surface area contributed by atoms with Gasteiger partial charge in [-0.15, -0.1) is 10.2 Å². The molecule has 6 nitrogen and oxygen atoms in total. The summed E-state index contributed by atoms with van der Waals surface area (Å²) in [5.41, 5.74) is 1.68. The molecule has 2 aromatic carbocycles. The van der Waals surface area contributed by atoms with Crippen LogP contribution in [0.4, 0.5) is 0 Å². The second-order valence-electron chi connectivity index (χ2n) is 5.47. The molecule has 0 aliphatic carbocycles. The molecule has 128 valence electrons. The molecule has 0 N–H and O–H groups in total. The third-order valence-corrected chi connectivity index (χ3v) is 3.94. The van der Waals surface area contributed by atoms with Crippen LogP contribution in [0.2, 0.25) is 5.02 Å². The molecule has 26 heavy (non-hydrogen) atoms. The molecule has 0 saturated heterocycles. The van der Waals surface area contributed by atoms with Gasteiger partial charge in [0, 0.05) is 16.0 Å². The van der Waals surface area contributed by atoms with Crippen molar-refractivity contribution >= 4 is 28.5 Å². The SMILES string of the molecule is O=C(OCc1nnc(-c2ccc(Cl)cc2)o1)c1ccc2ccccc2n1. The second kappa shape index (κ2) is 6.93. The number of carbonyl (C=O) groups is 1. The van der Waals surface area contributed by atoms with Crippen LogP contribution in [0.15, 0.2) is 65.1 Å². The number of ether oxygens (including phenoxy) is 1. The Bertz CT molecular complexity index is 1080. The first-order valence-electron chi connectivity index (χ1n) is 7.80. The van der Waals surface area contributed by atoms with Gasteiger partial charge in [-0.2, -0.15) is 0 Å². The van der Waals surface area contributed by atoms with Gasteiger partial charge in [-0.3, -0.25) is 0 Å². The van der Waals surface area contributed by atoms with Gasteiger partial charge in [-0.25, -0.2) is 9.78 Å². The summed E-state index contributed by atoms with van der Waals surface area (Å²) in [6, 6.07) is 18.0. The number of carbonyl (C=O) groups excluding carboxylic acids is 1. The van der Waals surface area contributed by atoms with E-state index in [1.807, 2.05) is 30.3 Å². The molecule has 0 aliphatic rings. The Labute approximate surface area is 153 Å². The fraction of sp³-hybridized carbons (Fsp3) is 0.0526. The number of rotatable bonds is 4. The highest BCUT2D eigenvalue weighted by molar-refractivity contribution is 6.30. The van der Waals surface area contributed by atoms with Gasteiger partial charge in [0.2, 0.25) is 5.89 Å². The van der Waals surface area contributed by atoms with Crippen LogP contribution in [0.25, 0.3) is 22.4 Å². The van der Waals surface area contributed by atoms with Crippen LogP contribution in [-0.4, -0.2) is 21.2 Å². The molecule has 0 aliphatic heterocycles. The first-order valence-corrected chi connectivity index (χ1v) is 8.18. The van der Waals surface area contributed by atoms with Crippen LogP contribution in [0, 0.1) is 0 Å². The van der Waals surface area contributed by atoms with E-state index in [1.165, 1.54) is 0 Å². The first-order chi connectivity index (χ1) is 12.7. The van der Waals surface area contributed by atoms with Crippen LogP contribution in [-0.2, 0) is 11.3 Å². The van der Waals surface area contributed by atoms with Gasteiger partial charge in [0.05, 0.1) is 5.52 Å². The number of para-hydroxylation sites is 1. The summed E-state index contributed by atoms with van der Waals surface area (Å²) >= 11 is 5.85. The third-order valence-electron chi connectivity index (χ3n) is 3.69. The van der Waals surface area contributed by atoms with Crippen molar-refractivity contribution in [3.05, 3.63) is 77.3 Å². The van der Waals surface area contributed by atoms with Crippen molar-refractivity contribution in [3.63, 3.8) is 0 Å². The molecule has 0 unspecified atom stereocenters. The molecule has 4 rings (SSSR count). The fourth-order valence-electron chi connectivity index (χ4n) is 2.40. The van der Waals surface area contributed by atoms with Crippen molar-refractivity contribution in [1.82, 2.24) is 15.2 Å². The summed E-state index contributed by atoms with van der Waals surface area (Å²) in [6.45, 7) is -0.131. The average molecular weight is 366 g/mol. The predicted octanol–water partition coefficient (Wildman–Crippen LogP) is 4.30. The zero-order chi connectivity index (χ0) is 17.9. The maximum Gasteiger partial charge on any atom is 0.357 e. The molecule has 0 saturated carbocycles. The lowest BCUT2D eigenvalue weighted by Gasteiger charge is -2.03. The van der Waals surface area contributed by atoms with E-state index in [2.05, 4.69) is 15.2 Å². The molecule has 4 aromatic rings. The number of benzene rings is 2. The number of hydrogen-bond donors (Lipinski definition) is 0. The summed E-state index contributed by atoms with van der Waals surface area (Å²) in [5, 5.41) is 9.39. The molecule has 7 heteroatoms. The van der Waals surface area contributed by atoms with E-state index in [0.717, 1.165) is 16.5 Å². The Morgan fingerprint density at radius 2 is 1.81 bits per heavy atom. The Hall–Kier alpha value is -3.25. The molecule has 0 spiro atoms. The quantitative estimate of drug-likeness (QED) is 0.502. The number of pyridine rings is 1. The van der Waals surface area contributed by atoms with Crippen LogP contribution < -0.4 is 0 Å². The molecule has 2 heterocycles. The Kier molecular flexibility index (Phi) is 4.33. The number of esters is 1. The number of nitrogens with zero attached hydrogens (tertiary/aromatic N) is 3. The van der Waals surface area contributed by atoms with E-state index in [9.17, 15) is 4.79 Å². The minimum atomic E-state index is -0.554. The fourth-order valence-corrected chi connectivity index (χ4v) is 2.53. The number of hydrogen-bond acceptors (Lipinski definition) is 6. The van der Waals surface area contributed by atoms with E-state index in [1.54, 1.807) is 30.3 Å². The minimum absolute atomic E-state index is 0.131. The smallest absolute Gasteiger partial charge is 0.357 e. The standard InChI is InChI=1S/C19H12ClN3O3/c20-14-8-5-13(6-9-14)18-23-22-17(26-18)11-25-19(24)16-10-7-12-3-1-2-4-15(12)21-16/h1-10H,11H2. The van der Waals surface area contributed by atoms with Crippen molar-refractivity contribution < 1.29 is 13.9 Å². The van der Waals surface area contributed by atoms with Crippen molar-refractivity contribution in [1.29, 1.82) is 0 Å². The number of aromatic nitrogens is 3. The lowest BCUT2D eigenvalue weighted by atomic mass is 10.2. The van der Waals surface area contributed by atoms with Crippen LogP contribution >= 0.6 is 11.6 Å². The van der Waals surface area contributed by atoms with Gasteiger partial charge in [0.1, 0.15) is 5.69 Å². The third kappa shape index (κ3) is 3.41. The summed E-state index contributed by atoms with van der Waals surface area (Å²) in [5.74, 6) is -0.0253. The topological polar surface area (TPSA) is 78.1 Å². The van der Waals surface area contributed by atoms with Gasteiger partial charge in [0.25, 0.3) is 5.89 Å². The summed E-state index contributed by atoms with van der Waals surface area (Å²) in [4.78, 5) is 16.5. The highest BCUT2D eigenvalue weighted by Gasteiger charge is 2.13. The zero-order valence-corrected chi connectivity index (χ0v) is 14.2. The molecular formula is C19H12ClN3O3. The highest BCUT2D eigenvalue weighted by atomic mass is 35.5. The molecule has 0 bridgehead atoms. The molecular weight excluding hydrogens is 354 g/mol. The molecule has 0 atom stereocenters.